The van der Waals surface area contributed by atoms with Crippen LogP contribution in [0.2, 0.25) is 0 Å². The van der Waals surface area contributed by atoms with Gasteiger partial charge in [0.2, 0.25) is 0 Å². The van der Waals surface area contributed by atoms with Gasteiger partial charge in [0.15, 0.2) is 5.75 Å². The second kappa shape index (κ2) is 4.88. The van der Waals surface area contributed by atoms with Crippen molar-refractivity contribution in [1.29, 1.82) is 0 Å². The van der Waals surface area contributed by atoms with E-state index >= 15 is 0 Å². The maximum absolute atomic E-state index is 12.2. The van der Waals surface area contributed by atoms with E-state index in [0.29, 0.717) is 11.3 Å². The predicted octanol–water partition coefficient (Wildman–Crippen LogP) is 2.33. The Hall–Kier alpha value is -2.10. The Morgan fingerprint density at radius 1 is 1.32 bits per heavy atom. The van der Waals surface area contributed by atoms with Crippen LogP contribution in [0.1, 0.15) is 23.7 Å². The molecule has 4 nitrogen and oxygen atoms in total. The minimum atomic E-state index is -0.276. The first-order valence-corrected chi connectivity index (χ1v) is 6.32. The Balaban J connectivity index is 2.83. The average Bonchev–Trinajstić information content (AvgIpc) is 2.38. The van der Waals surface area contributed by atoms with Crippen LogP contribution >= 0.6 is 0 Å². The molecule has 0 aliphatic carbocycles. The van der Waals surface area contributed by atoms with Crippen molar-refractivity contribution in [3.63, 3.8) is 0 Å². The van der Waals surface area contributed by atoms with Crippen LogP contribution in [-0.2, 0) is 13.5 Å². The molecule has 0 fully saturated rings. The van der Waals surface area contributed by atoms with Gasteiger partial charge in [0.25, 0.3) is 5.56 Å². The molecule has 0 aliphatic rings. The normalized spacial score (nSPS) is 10.7. The van der Waals surface area contributed by atoms with Crippen molar-refractivity contribution < 1.29 is 5.11 Å². The second-order valence-electron chi connectivity index (χ2n) is 4.75. The van der Waals surface area contributed by atoms with Crippen LogP contribution in [0, 0.1) is 13.8 Å². The van der Waals surface area contributed by atoms with E-state index in [0.717, 1.165) is 23.1 Å². The molecule has 0 atom stereocenters. The van der Waals surface area contributed by atoms with Gasteiger partial charge in [0.1, 0.15) is 5.69 Å². The highest BCUT2D eigenvalue weighted by Crippen LogP contribution is 2.30. The lowest BCUT2D eigenvalue weighted by Gasteiger charge is -2.12. The fourth-order valence-electron chi connectivity index (χ4n) is 2.26. The highest BCUT2D eigenvalue weighted by atomic mass is 16.3. The number of hydrogen-bond donors (Lipinski definition) is 1. The average molecular weight is 258 g/mol. The molecule has 0 bridgehead atoms. The predicted molar refractivity (Wildman–Crippen MR) is 75.4 cm³/mol. The topological polar surface area (TPSA) is 55.1 Å². The lowest BCUT2D eigenvalue weighted by molar-refractivity contribution is 0.460. The van der Waals surface area contributed by atoms with Crippen molar-refractivity contribution in [2.75, 3.05) is 0 Å². The van der Waals surface area contributed by atoms with Crippen molar-refractivity contribution in [2.45, 2.75) is 27.2 Å². The van der Waals surface area contributed by atoms with Crippen LogP contribution in [-0.4, -0.2) is 14.9 Å². The number of hydrogen-bond acceptors (Lipinski definition) is 3. The molecule has 0 radical (unpaired) electrons. The van der Waals surface area contributed by atoms with E-state index in [-0.39, 0.29) is 11.3 Å². The lowest BCUT2D eigenvalue weighted by atomic mass is 9.96. The van der Waals surface area contributed by atoms with Gasteiger partial charge in [-0.2, -0.15) is 5.10 Å². The minimum Gasteiger partial charge on any atom is -0.505 e. The van der Waals surface area contributed by atoms with Gasteiger partial charge in [-0.15, -0.1) is 0 Å². The van der Waals surface area contributed by atoms with E-state index in [4.69, 9.17) is 0 Å². The van der Waals surface area contributed by atoms with Gasteiger partial charge in [0, 0.05) is 7.05 Å². The van der Waals surface area contributed by atoms with E-state index in [2.05, 4.69) is 5.10 Å². The zero-order valence-electron chi connectivity index (χ0n) is 11.7. The summed E-state index contributed by atoms with van der Waals surface area (Å²) in [5.41, 5.74) is 3.51. The summed E-state index contributed by atoms with van der Waals surface area (Å²) in [6.07, 6.45) is 0.807. The van der Waals surface area contributed by atoms with Crippen molar-refractivity contribution in [3.05, 3.63) is 45.4 Å². The molecule has 4 heteroatoms. The van der Waals surface area contributed by atoms with Gasteiger partial charge in [-0.25, -0.2) is 4.68 Å². The van der Waals surface area contributed by atoms with Gasteiger partial charge in [-0.1, -0.05) is 30.7 Å². The van der Waals surface area contributed by atoms with Gasteiger partial charge < -0.3 is 5.11 Å². The van der Waals surface area contributed by atoms with E-state index in [1.54, 1.807) is 14.0 Å². The fraction of sp³-hybridized carbons (Fsp3) is 0.333. The zero-order valence-corrected chi connectivity index (χ0v) is 11.7. The maximum atomic E-state index is 12.2. The molecular formula is C15H18N2O2. The van der Waals surface area contributed by atoms with Crippen molar-refractivity contribution in [3.8, 4) is 16.9 Å². The van der Waals surface area contributed by atoms with Crippen LogP contribution in [0.25, 0.3) is 11.1 Å². The molecule has 1 aromatic heterocycles. The Morgan fingerprint density at radius 2 is 2.00 bits per heavy atom. The first-order chi connectivity index (χ1) is 8.95. The summed E-state index contributed by atoms with van der Waals surface area (Å²) in [4.78, 5) is 12.2. The van der Waals surface area contributed by atoms with Crippen LogP contribution in [0.5, 0.6) is 5.75 Å². The van der Waals surface area contributed by atoms with E-state index in [9.17, 15) is 9.90 Å². The largest absolute Gasteiger partial charge is 0.505 e. The molecule has 100 valence electrons. The summed E-state index contributed by atoms with van der Waals surface area (Å²) in [5.74, 6) is -0.0262. The highest BCUT2D eigenvalue weighted by Gasteiger charge is 2.17. The van der Waals surface area contributed by atoms with E-state index in [1.165, 1.54) is 4.68 Å². The third-order valence-corrected chi connectivity index (χ3v) is 3.30. The zero-order chi connectivity index (χ0) is 14.2. The molecule has 1 N–H and O–H groups in total. The van der Waals surface area contributed by atoms with Crippen LogP contribution in [0.3, 0.4) is 0 Å². The standard InChI is InChI=1S/C15H18N2O2/c1-5-11-8-9(2)6-7-12(11)13-14(18)10(3)16-17(4)15(13)19/h6-8,18H,5H2,1-4H3. The fourth-order valence-corrected chi connectivity index (χ4v) is 2.26. The summed E-state index contributed by atoms with van der Waals surface area (Å²) in [5, 5.41) is 14.2. The van der Waals surface area contributed by atoms with Gasteiger partial charge in [0.05, 0.1) is 5.56 Å². The summed E-state index contributed by atoms with van der Waals surface area (Å²) in [7, 11) is 1.60. The molecule has 2 aromatic rings. The third-order valence-electron chi connectivity index (χ3n) is 3.30. The number of rotatable bonds is 2. The monoisotopic (exact) mass is 258 g/mol. The molecule has 19 heavy (non-hydrogen) atoms. The van der Waals surface area contributed by atoms with E-state index in [1.807, 2.05) is 32.0 Å². The molecule has 0 saturated carbocycles. The number of aryl methyl sites for hydroxylation is 4. The molecule has 0 saturated heterocycles. The SMILES string of the molecule is CCc1cc(C)ccc1-c1c(O)c(C)nn(C)c1=O. The first-order valence-electron chi connectivity index (χ1n) is 6.32. The molecule has 0 spiro atoms. The van der Waals surface area contributed by atoms with Gasteiger partial charge in [-0.3, -0.25) is 4.79 Å². The van der Waals surface area contributed by atoms with Crippen molar-refractivity contribution >= 4 is 0 Å². The molecule has 2 rings (SSSR count). The quantitative estimate of drug-likeness (QED) is 0.899. The first kappa shape index (κ1) is 13.3. The third kappa shape index (κ3) is 2.26. The Morgan fingerprint density at radius 3 is 2.63 bits per heavy atom. The van der Waals surface area contributed by atoms with Gasteiger partial charge in [-0.05, 0) is 31.4 Å². The summed E-state index contributed by atoms with van der Waals surface area (Å²) in [6, 6.07) is 5.89. The molecular weight excluding hydrogens is 240 g/mol. The lowest BCUT2D eigenvalue weighted by Crippen LogP contribution is -2.22. The van der Waals surface area contributed by atoms with Gasteiger partial charge >= 0.3 is 0 Å². The number of benzene rings is 1. The molecule has 1 heterocycles. The number of aromatic hydroxyl groups is 1. The molecule has 0 unspecified atom stereocenters. The summed E-state index contributed by atoms with van der Waals surface area (Å²) >= 11 is 0. The Labute approximate surface area is 112 Å². The van der Waals surface area contributed by atoms with Crippen LogP contribution < -0.4 is 5.56 Å². The highest BCUT2D eigenvalue weighted by molar-refractivity contribution is 5.73. The van der Waals surface area contributed by atoms with Crippen molar-refractivity contribution in [1.82, 2.24) is 9.78 Å². The van der Waals surface area contributed by atoms with Crippen molar-refractivity contribution in [2.24, 2.45) is 7.05 Å². The van der Waals surface area contributed by atoms with Crippen LogP contribution in [0.15, 0.2) is 23.0 Å². The number of aromatic nitrogens is 2. The minimum absolute atomic E-state index is 0.0262. The van der Waals surface area contributed by atoms with Crippen LogP contribution in [0.4, 0.5) is 0 Å². The summed E-state index contributed by atoms with van der Waals surface area (Å²) < 4.78 is 1.27. The number of nitrogens with zero attached hydrogens (tertiary/aromatic N) is 2. The molecule has 0 amide bonds. The molecule has 0 aliphatic heterocycles. The summed E-state index contributed by atoms with van der Waals surface area (Å²) in [6.45, 7) is 5.74. The maximum Gasteiger partial charge on any atom is 0.278 e. The smallest absolute Gasteiger partial charge is 0.278 e. The molecule has 1 aromatic carbocycles. The van der Waals surface area contributed by atoms with E-state index < -0.39 is 0 Å². The Bertz CT molecular complexity index is 687. The Kier molecular flexibility index (Phi) is 3.42. The second-order valence-corrected chi connectivity index (χ2v) is 4.75.